The Morgan fingerprint density at radius 1 is 1.60 bits per heavy atom. The van der Waals surface area contributed by atoms with Gasteiger partial charge in [0.1, 0.15) is 12.7 Å². The molecule has 4 heteroatoms. The fourth-order valence-corrected chi connectivity index (χ4v) is 0.386. The van der Waals surface area contributed by atoms with Crippen molar-refractivity contribution in [1.29, 1.82) is 0 Å². The lowest BCUT2D eigenvalue weighted by atomic mass is 10.1. The minimum Gasteiger partial charge on any atom is -0.481 e. The lowest BCUT2D eigenvalue weighted by Gasteiger charge is -1.96. The zero-order valence-corrected chi connectivity index (χ0v) is 5.53. The number of carbonyl (C=O) groups is 3. The van der Waals surface area contributed by atoms with Crippen LogP contribution in [0.4, 0.5) is 0 Å². The summed E-state index contributed by atoms with van der Waals surface area (Å²) in [7, 11) is 0. The molecule has 0 fully saturated rings. The van der Waals surface area contributed by atoms with E-state index < -0.39 is 24.1 Å². The number of carboxylic acid groups (broad SMARTS) is 1. The average Bonchev–Trinajstić information content (AvgIpc) is 1.85. The maximum Gasteiger partial charge on any atom is 0.310 e. The van der Waals surface area contributed by atoms with Crippen molar-refractivity contribution in [3.05, 3.63) is 0 Å². The van der Waals surface area contributed by atoms with Gasteiger partial charge in [-0.15, -0.1) is 0 Å². The van der Waals surface area contributed by atoms with Gasteiger partial charge in [-0.25, -0.2) is 0 Å². The number of carboxylic acids is 1. The second-order valence-corrected chi connectivity index (χ2v) is 1.96. The molecule has 0 saturated carbocycles. The van der Waals surface area contributed by atoms with E-state index in [9.17, 15) is 14.4 Å². The van der Waals surface area contributed by atoms with Crippen LogP contribution < -0.4 is 0 Å². The van der Waals surface area contributed by atoms with Gasteiger partial charge >= 0.3 is 5.97 Å². The van der Waals surface area contributed by atoms with Gasteiger partial charge in [0.25, 0.3) is 0 Å². The normalized spacial score (nSPS) is 12.1. The van der Waals surface area contributed by atoms with Gasteiger partial charge < -0.3 is 9.90 Å². The average molecular weight is 144 g/mol. The van der Waals surface area contributed by atoms with Crippen LogP contribution in [0.3, 0.4) is 0 Å². The monoisotopic (exact) mass is 144 g/mol. The highest BCUT2D eigenvalue weighted by Crippen LogP contribution is 1.95. The first kappa shape index (κ1) is 8.81. The lowest BCUT2D eigenvalue weighted by Crippen LogP contribution is -2.15. The second-order valence-electron chi connectivity index (χ2n) is 1.96. The summed E-state index contributed by atoms with van der Waals surface area (Å²) in [6.45, 7) is 1.37. The molecule has 0 aromatic heterocycles. The number of aldehydes is 1. The molecule has 0 aromatic carbocycles. The summed E-state index contributed by atoms with van der Waals surface area (Å²) >= 11 is 0. The quantitative estimate of drug-likeness (QED) is 0.440. The third kappa shape index (κ3) is 2.96. The summed E-state index contributed by atoms with van der Waals surface area (Å²) in [5, 5.41) is 8.09. The molecule has 0 aliphatic rings. The number of carbonyl (C=O) groups excluding carboxylic acids is 2. The molecule has 56 valence electrons. The van der Waals surface area contributed by atoms with Gasteiger partial charge in [0.05, 0.1) is 5.92 Å². The molecule has 0 bridgehead atoms. The van der Waals surface area contributed by atoms with Crippen LogP contribution in [0.25, 0.3) is 0 Å². The van der Waals surface area contributed by atoms with Gasteiger partial charge in [-0.1, -0.05) is 0 Å². The first-order chi connectivity index (χ1) is 4.57. The number of aliphatic carboxylic acids is 1. The Kier molecular flexibility index (Phi) is 3.32. The van der Waals surface area contributed by atoms with Crippen molar-refractivity contribution in [1.82, 2.24) is 0 Å². The van der Waals surface area contributed by atoms with Crippen molar-refractivity contribution in [2.75, 3.05) is 0 Å². The van der Waals surface area contributed by atoms with Crippen molar-refractivity contribution in [2.45, 2.75) is 13.3 Å². The second kappa shape index (κ2) is 3.76. The molecule has 0 spiro atoms. The summed E-state index contributed by atoms with van der Waals surface area (Å²) in [4.78, 5) is 30.4. The van der Waals surface area contributed by atoms with Gasteiger partial charge in [-0.05, 0) is 6.92 Å². The maximum absolute atomic E-state index is 10.6. The highest BCUT2D eigenvalue weighted by molar-refractivity contribution is 6.01. The molecular formula is C6H8O4. The van der Waals surface area contributed by atoms with Crippen LogP contribution in [-0.2, 0) is 14.4 Å². The Balaban J connectivity index is 3.84. The van der Waals surface area contributed by atoms with E-state index in [1.807, 2.05) is 0 Å². The van der Waals surface area contributed by atoms with Crippen LogP contribution in [0.15, 0.2) is 0 Å². The number of hydrogen-bond donors (Lipinski definition) is 1. The summed E-state index contributed by atoms with van der Waals surface area (Å²) in [6, 6.07) is 0. The molecule has 0 aromatic rings. The molecule has 4 nitrogen and oxygen atoms in total. The highest BCUT2D eigenvalue weighted by atomic mass is 16.4. The molecule has 0 rings (SSSR count). The summed E-state index contributed by atoms with van der Waals surface area (Å²) in [5.74, 6) is -2.54. The molecule has 0 amide bonds. The zero-order chi connectivity index (χ0) is 8.15. The van der Waals surface area contributed by atoms with Crippen molar-refractivity contribution in [2.24, 2.45) is 5.92 Å². The minimum atomic E-state index is -1.20. The fourth-order valence-electron chi connectivity index (χ4n) is 0.386. The largest absolute Gasteiger partial charge is 0.481 e. The van der Waals surface area contributed by atoms with E-state index in [-0.39, 0.29) is 0 Å². The van der Waals surface area contributed by atoms with E-state index in [1.54, 1.807) is 0 Å². The predicted molar refractivity (Wildman–Crippen MR) is 32.5 cm³/mol. The smallest absolute Gasteiger partial charge is 0.310 e. The number of Topliss-reactive ketones (excluding diaryl/α,β-unsaturated/α-hetero) is 1. The highest BCUT2D eigenvalue weighted by Gasteiger charge is 2.14. The van der Waals surface area contributed by atoms with Gasteiger partial charge in [-0.2, -0.15) is 0 Å². The minimum absolute atomic E-state index is 0.436. The van der Waals surface area contributed by atoms with Gasteiger partial charge in [-0.3, -0.25) is 9.59 Å². The van der Waals surface area contributed by atoms with Crippen LogP contribution >= 0.6 is 0 Å². The Hall–Kier alpha value is -1.19. The Bertz CT molecular complexity index is 161. The van der Waals surface area contributed by atoms with E-state index >= 15 is 0 Å². The van der Waals surface area contributed by atoms with E-state index in [0.717, 1.165) is 0 Å². The summed E-state index contributed by atoms with van der Waals surface area (Å²) in [6.07, 6.45) is -0.134. The molecule has 1 unspecified atom stereocenters. The maximum atomic E-state index is 10.6. The van der Waals surface area contributed by atoms with E-state index in [4.69, 9.17) is 5.11 Å². The molecule has 1 atom stereocenters. The SMILES string of the molecule is CC(C=O)C(=O)CC(=O)O. The van der Waals surface area contributed by atoms with E-state index in [0.29, 0.717) is 6.29 Å². The molecule has 10 heavy (non-hydrogen) atoms. The van der Waals surface area contributed by atoms with E-state index in [2.05, 4.69) is 0 Å². The molecule has 0 aliphatic carbocycles. The van der Waals surface area contributed by atoms with Crippen LogP contribution in [-0.4, -0.2) is 23.1 Å². The van der Waals surface area contributed by atoms with Gasteiger partial charge in [0.2, 0.25) is 0 Å². The molecule has 0 aliphatic heterocycles. The fraction of sp³-hybridized carbons (Fsp3) is 0.500. The summed E-state index contributed by atoms with van der Waals surface area (Å²) < 4.78 is 0. The topological polar surface area (TPSA) is 71.4 Å². The number of ketones is 1. The Morgan fingerprint density at radius 2 is 2.10 bits per heavy atom. The molecule has 0 radical (unpaired) electrons. The van der Waals surface area contributed by atoms with E-state index in [1.165, 1.54) is 6.92 Å². The third-order valence-electron chi connectivity index (χ3n) is 1.04. The summed E-state index contributed by atoms with van der Waals surface area (Å²) in [5.41, 5.74) is 0. The Labute approximate surface area is 57.8 Å². The zero-order valence-electron chi connectivity index (χ0n) is 5.53. The van der Waals surface area contributed by atoms with Crippen molar-refractivity contribution in [3.63, 3.8) is 0 Å². The third-order valence-corrected chi connectivity index (χ3v) is 1.04. The first-order valence-corrected chi connectivity index (χ1v) is 2.77. The predicted octanol–water partition coefficient (Wildman–Crippen LogP) is -0.135. The van der Waals surface area contributed by atoms with Crippen molar-refractivity contribution < 1.29 is 19.5 Å². The molecule has 0 saturated heterocycles. The van der Waals surface area contributed by atoms with Gasteiger partial charge in [0, 0.05) is 0 Å². The van der Waals surface area contributed by atoms with Crippen molar-refractivity contribution >= 4 is 18.0 Å². The van der Waals surface area contributed by atoms with Gasteiger partial charge in [0.15, 0.2) is 5.78 Å². The first-order valence-electron chi connectivity index (χ1n) is 2.77. The lowest BCUT2D eigenvalue weighted by molar-refractivity contribution is -0.141. The number of rotatable bonds is 4. The number of hydrogen-bond acceptors (Lipinski definition) is 3. The van der Waals surface area contributed by atoms with Crippen molar-refractivity contribution in [3.8, 4) is 0 Å². The van der Waals surface area contributed by atoms with Crippen LogP contribution in [0.5, 0.6) is 0 Å². The Morgan fingerprint density at radius 3 is 2.40 bits per heavy atom. The molecular weight excluding hydrogens is 136 g/mol. The van der Waals surface area contributed by atoms with Crippen LogP contribution in [0.1, 0.15) is 13.3 Å². The van der Waals surface area contributed by atoms with Crippen LogP contribution in [0, 0.1) is 5.92 Å². The van der Waals surface area contributed by atoms with Crippen LogP contribution in [0.2, 0.25) is 0 Å². The molecule has 0 heterocycles. The molecule has 1 N–H and O–H groups in total. The standard InChI is InChI=1S/C6H8O4/c1-4(3-7)5(8)2-6(9)10/h3-4H,2H2,1H3,(H,9,10).